The number of methoxy groups -OCH3 is 1. The SMILES string of the molecule is COc1ccc(/C=C/C(=O)c2cccc(NC(C)=O)c2)cc1OCc1ccccc1. The lowest BCUT2D eigenvalue weighted by Gasteiger charge is -2.11. The summed E-state index contributed by atoms with van der Waals surface area (Å²) < 4.78 is 11.3. The number of benzene rings is 3. The first-order valence-corrected chi connectivity index (χ1v) is 9.50. The van der Waals surface area contributed by atoms with E-state index in [0.717, 1.165) is 11.1 Å². The Labute approximate surface area is 176 Å². The molecule has 0 unspecified atom stereocenters. The van der Waals surface area contributed by atoms with Crippen molar-refractivity contribution in [3.63, 3.8) is 0 Å². The lowest BCUT2D eigenvalue weighted by Crippen LogP contribution is -2.06. The first-order valence-electron chi connectivity index (χ1n) is 9.50. The Hall–Kier alpha value is -3.86. The molecule has 1 amide bonds. The summed E-state index contributed by atoms with van der Waals surface area (Å²) in [5.74, 6) is 0.877. The van der Waals surface area contributed by atoms with E-state index in [1.54, 1.807) is 37.5 Å². The van der Waals surface area contributed by atoms with Crippen LogP contribution in [0.15, 0.2) is 78.9 Å². The van der Waals surface area contributed by atoms with E-state index in [0.29, 0.717) is 29.4 Å². The third-order valence-electron chi connectivity index (χ3n) is 4.32. The van der Waals surface area contributed by atoms with Gasteiger partial charge in [-0.25, -0.2) is 0 Å². The minimum absolute atomic E-state index is 0.162. The van der Waals surface area contributed by atoms with Crippen LogP contribution in [0.5, 0.6) is 11.5 Å². The number of nitrogens with one attached hydrogen (secondary N) is 1. The van der Waals surface area contributed by atoms with Gasteiger partial charge in [-0.2, -0.15) is 0 Å². The smallest absolute Gasteiger partial charge is 0.221 e. The predicted molar refractivity (Wildman–Crippen MR) is 118 cm³/mol. The summed E-state index contributed by atoms with van der Waals surface area (Å²) in [4.78, 5) is 23.7. The summed E-state index contributed by atoms with van der Waals surface area (Å²) in [6.07, 6.45) is 3.22. The maximum Gasteiger partial charge on any atom is 0.221 e. The highest BCUT2D eigenvalue weighted by Crippen LogP contribution is 2.29. The minimum Gasteiger partial charge on any atom is -0.493 e. The number of allylic oxidation sites excluding steroid dienone is 1. The van der Waals surface area contributed by atoms with Gasteiger partial charge in [-0.15, -0.1) is 0 Å². The highest BCUT2D eigenvalue weighted by molar-refractivity contribution is 6.07. The maximum absolute atomic E-state index is 12.5. The van der Waals surface area contributed by atoms with Gasteiger partial charge in [0.1, 0.15) is 6.61 Å². The van der Waals surface area contributed by atoms with E-state index in [1.807, 2.05) is 48.5 Å². The molecule has 0 saturated carbocycles. The Morgan fingerprint density at radius 1 is 0.933 bits per heavy atom. The molecular weight excluding hydrogens is 378 g/mol. The van der Waals surface area contributed by atoms with Gasteiger partial charge < -0.3 is 14.8 Å². The molecule has 0 atom stereocenters. The molecule has 0 saturated heterocycles. The molecule has 1 N–H and O–H groups in total. The quantitative estimate of drug-likeness (QED) is 0.420. The van der Waals surface area contributed by atoms with Gasteiger partial charge in [0.25, 0.3) is 0 Å². The van der Waals surface area contributed by atoms with Gasteiger partial charge in [0.15, 0.2) is 17.3 Å². The van der Waals surface area contributed by atoms with Gasteiger partial charge in [-0.1, -0.05) is 54.6 Å². The lowest BCUT2D eigenvalue weighted by molar-refractivity contribution is -0.114. The number of carbonyl (C=O) groups is 2. The number of rotatable bonds is 8. The van der Waals surface area contributed by atoms with E-state index in [4.69, 9.17) is 9.47 Å². The monoisotopic (exact) mass is 401 g/mol. The molecule has 30 heavy (non-hydrogen) atoms. The summed E-state index contributed by atoms with van der Waals surface area (Å²) in [7, 11) is 1.59. The van der Waals surface area contributed by atoms with E-state index in [1.165, 1.54) is 13.0 Å². The van der Waals surface area contributed by atoms with Crippen molar-refractivity contribution in [1.82, 2.24) is 0 Å². The van der Waals surface area contributed by atoms with Gasteiger partial charge in [-0.3, -0.25) is 9.59 Å². The predicted octanol–water partition coefficient (Wildman–Crippen LogP) is 5.13. The van der Waals surface area contributed by atoms with Crippen LogP contribution in [-0.2, 0) is 11.4 Å². The lowest BCUT2D eigenvalue weighted by atomic mass is 10.1. The summed E-state index contributed by atoms with van der Waals surface area (Å²) in [6, 6.07) is 22.2. The van der Waals surface area contributed by atoms with Crippen LogP contribution in [0, 0.1) is 0 Å². The molecule has 3 rings (SSSR count). The molecule has 152 valence electrons. The second-order valence-electron chi connectivity index (χ2n) is 6.64. The van der Waals surface area contributed by atoms with Crippen molar-refractivity contribution in [1.29, 1.82) is 0 Å². The van der Waals surface area contributed by atoms with E-state index >= 15 is 0 Å². The number of anilines is 1. The first-order chi connectivity index (χ1) is 14.5. The van der Waals surface area contributed by atoms with E-state index in [2.05, 4.69) is 5.32 Å². The van der Waals surface area contributed by atoms with Crippen molar-refractivity contribution in [2.24, 2.45) is 0 Å². The fourth-order valence-corrected chi connectivity index (χ4v) is 2.87. The van der Waals surface area contributed by atoms with E-state index in [-0.39, 0.29) is 11.7 Å². The molecular formula is C25H23NO4. The third-order valence-corrected chi connectivity index (χ3v) is 4.32. The van der Waals surface area contributed by atoms with Gasteiger partial charge in [0, 0.05) is 18.2 Å². The Balaban J connectivity index is 1.73. The fourth-order valence-electron chi connectivity index (χ4n) is 2.87. The Morgan fingerprint density at radius 3 is 2.47 bits per heavy atom. The second-order valence-corrected chi connectivity index (χ2v) is 6.64. The summed E-state index contributed by atoms with van der Waals surface area (Å²) in [6.45, 7) is 1.84. The van der Waals surface area contributed by atoms with Crippen molar-refractivity contribution < 1.29 is 19.1 Å². The highest BCUT2D eigenvalue weighted by Gasteiger charge is 2.07. The van der Waals surface area contributed by atoms with E-state index < -0.39 is 0 Å². The van der Waals surface area contributed by atoms with Crippen LogP contribution in [0.4, 0.5) is 5.69 Å². The first kappa shape index (κ1) is 20.9. The summed E-state index contributed by atoms with van der Waals surface area (Å²) in [5.41, 5.74) is 2.94. The van der Waals surface area contributed by atoms with Crippen LogP contribution in [0.25, 0.3) is 6.08 Å². The zero-order valence-corrected chi connectivity index (χ0v) is 16.9. The van der Waals surface area contributed by atoms with Crippen molar-refractivity contribution >= 4 is 23.5 Å². The molecule has 0 aliphatic carbocycles. The van der Waals surface area contributed by atoms with Crippen LogP contribution >= 0.6 is 0 Å². The molecule has 0 aromatic heterocycles. The number of carbonyl (C=O) groups excluding carboxylic acids is 2. The molecule has 0 aliphatic rings. The number of ether oxygens (including phenoxy) is 2. The van der Waals surface area contributed by atoms with Crippen LogP contribution < -0.4 is 14.8 Å². The Morgan fingerprint density at radius 2 is 1.73 bits per heavy atom. The molecule has 0 radical (unpaired) electrons. The van der Waals surface area contributed by atoms with Crippen LogP contribution in [0.2, 0.25) is 0 Å². The number of hydrogen-bond acceptors (Lipinski definition) is 4. The zero-order valence-electron chi connectivity index (χ0n) is 16.9. The van der Waals surface area contributed by atoms with Crippen LogP contribution in [0.3, 0.4) is 0 Å². The van der Waals surface area contributed by atoms with Crippen molar-refractivity contribution in [2.75, 3.05) is 12.4 Å². The van der Waals surface area contributed by atoms with Gasteiger partial charge in [-0.05, 0) is 41.5 Å². The van der Waals surface area contributed by atoms with Crippen molar-refractivity contribution in [3.8, 4) is 11.5 Å². The number of amides is 1. The largest absolute Gasteiger partial charge is 0.493 e. The molecule has 0 spiro atoms. The van der Waals surface area contributed by atoms with Gasteiger partial charge in [0.05, 0.1) is 7.11 Å². The van der Waals surface area contributed by atoms with Crippen molar-refractivity contribution in [2.45, 2.75) is 13.5 Å². The number of hydrogen-bond donors (Lipinski definition) is 1. The maximum atomic E-state index is 12.5. The topological polar surface area (TPSA) is 64.6 Å². The summed E-state index contributed by atoms with van der Waals surface area (Å²) >= 11 is 0. The van der Waals surface area contributed by atoms with Crippen LogP contribution in [0.1, 0.15) is 28.4 Å². The molecule has 0 heterocycles. The van der Waals surface area contributed by atoms with Crippen LogP contribution in [-0.4, -0.2) is 18.8 Å². The molecule has 0 bridgehead atoms. The van der Waals surface area contributed by atoms with E-state index in [9.17, 15) is 9.59 Å². The standard InChI is InChI=1S/C25H23NO4/c1-18(27)26-22-10-6-9-21(16-22)23(28)13-11-19-12-14-24(29-2)25(15-19)30-17-20-7-4-3-5-8-20/h3-16H,17H2,1-2H3,(H,26,27)/b13-11+. The summed E-state index contributed by atoms with van der Waals surface area (Å²) in [5, 5.41) is 2.68. The normalized spacial score (nSPS) is 10.6. The third kappa shape index (κ3) is 5.82. The highest BCUT2D eigenvalue weighted by atomic mass is 16.5. The molecule has 0 aliphatic heterocycles. The average molecular weight is 401 g/mol. The Kier molecular flexibility index (Phi) is 7.00. The fraction of sp³-hybridized carbons (Fsp3) is 0.120. The molecule has 3 aromatic rings. The average Bonchev–Trinajstić information content (AvgIpc) is 2.76. The van der Waals surface area contributed by atoms with Gasteiger partial charge >= 0.3 is 0 Å². The van der Waals surface area contributed by atoms with Gasteiger partial charge in [0.2, 0.25) is 5.91 Å². The molecule has 5 heteroatoms. The Bertz CT molecular complexity index is 1060. The number of ketones is 1. The van der Waals surface area contributed by atoms with Crippen molar-refractivity contribution in [3.05, 3.63) is 95.6 Å². The molecule has 0 fully saturated rings. The molecule has 5 nitrogen and oxygen atoms in total. The second kappa shape index (κ2) is 10.1. The molecule has 3 aromatic carbocycles. The minimum atomic E-state index is -0.184. The zero-order chi connectivity index (χ0) is 21.3.